The lowest BCUT2D eigenvalue weighted by Crippen LogP contribution is -2.20. The smallest absolute Gasteiger partial charge is 0.255 e. The molecule has 1 aromatic heterocycles. The van der Waals surface area contributed by atoms with E-state index in [0.29, 0.717) is 17.5 Å². The predicted octanol–water partition coefficient (Wildman–Crippen LogP) is 4.86. The normalized spacial score (nSPS) is 20.3. The highest BCUT2D eigenvalue weighted by atomic mass is 16.1. The van der Waals surface area contributed by atoms with Gasteiger partial charge in [-0.15, -0.1) is 0 Å². The lowest BCUT2D eigenvalue weighted by Gasteiger charge is -2.08. The first kappa shape index (κ1) is 18.1. The van der Waals surface area contributed by atoms with Gasteiger partial charge in [-0.2, -0.15) is 0 Å². The van der Waals surface area contributed by atoms with Crippen LogP contribution in [-0.4, -0.2) is 23.5 Å². The second kappa shape index (κ2) is 7.80. The van der Waals surface area contributed by atoms with Crippen molar-refractivity contribution in [3.05, 3.63) is 84.2 Å². The minimum atomic E-state index is -0.0918. The third kappa shape index (κ3) is 4.38. The topological polar surface area (TPSA) is 54.0 Å². The van der Waals surface area contributed by atoms with Gasteiger partial charge in [0.25, 0.3) is 5.91 Å². The fourth-order valence-corrected chi connectivity index (χ4v) is 3.79. The Bertz CT molecular complexity index is 979. The van der Waals surface area contributed by atoms with E-state index in [0.717, 1.165) is 22.7 Å². The predicted molar refractivity (Wildman–Crippen MR) is 116 cm³/mol. The molecular formula is C25H25N3O. The van der Waals surface area contributed by atoms with Crippen molar-refractivity contribution in [3.63, 3.8) is 0 Å². The molecule has 2 N–H and O–H groups in total. The Morgan fingerprint density at radius 3 is 2.45 bits per heavy atom. The maximum absolute atomic E-state index is 12.6. The quantitative estimate of drug-likeness (QED) is 0.613. The van der Waals surface area contributed by atoms with Crippen LogP contribution >= 0.6 is 0 Å². The summed E-state index contributed by atoms with van der Waals surface area (Å²) in [5.41, 5.74) is 4.93. The van der Waals surface area contributed by atoms with E-state index in [4.69, 9.17) is 0 Å². The summed E-state index contributed by atoms with van der Waals surface area (Å²) in [6.07, 6.45) is 7.59. The third-order valence-corrected chi connectivity index (χ3v) is 5.89. The Morgan fingerprint density at radius 1 is 0.966 bits per heavy atom. The highest BCUT2D eigenvalue weighted by Gasteiger charge is 2.38. The van der Waals surface area contributed by atoms with Gasteiger partial charge in [0.1, 0.15) is 0 Å². The number of rotatable bonds is 7. The number of carbonyl (C=O) groups is 1. The molecular weight excluding hydrogens is 358 g/mol. The molecule has 0 radical (unpaired) electrons. The zero-order valence-electron chi connectivity index (χ0n) is 16.3. The van der Waals surface area contributed by atoms with Crippen LogP contribution in [0.1, 0.15) is 41.1 Å². The molecule has 2 aliphatic rings. The average Bonchev–Trinajstić information content (AvgIpc) is 3.69. The summed E-state index contributed by atoms with van der Waals surface area (Å²) in [5.74, 6) is 1.46. The maximum atomic E-state index is 12.6. The van der Waals surface area contributed by atoms with Crippen LogP contribution in [0.5, 0.6) is 0 Å². The summed E-state index contributed by atoms with van der Waals surface area (Å²) < 4.78 is 0. The van der Waals surface area contributed by atoms with Gasteiger partial charge in [0.15, 0.2) is 0 Å². The second-order valence-electron chi connectivity index (χ2n) is 8.20. The zero-order valence-corrected chi connectivity index (χ0v) is 16.3. The Hall–Kier alpha value is -2.98. The van der Waals surface area contributed by atoms with Crippen molar-refractivity contribution in [2.75, 3.05) is 11.9 Å². The summed E-state index contributed by atoms with van der Waals surface area (Å²) in [6.45, 7) is 1.18. The number of carbonyl (C=O) groups excluding carboxylic acids is 1. The highest BCUT2D eigenvalue weighted by molar-refractivity contribution is 6.04. The molecule has 0 aliphatic heterocycles. The number of anilines is 1. The van der Waals surface area contributed by atoms with Crippen LogP contribution in [-0.2, 0) is 0 Å². The van der Waals surface area contributed by atoms with Gasteiger partial charge in [-0.25, -0.2) is 0 Å². The largest absolute Gasteiger partial charge is 0.322 e. The van der Waals surface area contributed by atoms with E-state index in [2.05, 4.69) is 27.8 Å². The molecule has 0 spiro atoms. The number of benzene rings is 2. The van der Waals surface area contributed by atoms with Crippen LogP contribution in [0.3, 0.4) is 0 Å². The number of hydrogen-bond acceptors (Lipinski definition) is 3. The first-order valence-corrected chi connectivity index (χ1v) is 10.4. The Morgan fingerprint density at radius 2 is 1.76 bits per heavy atom. The van der Waals surface area contributed by atoms with Crippen molar-refractivity contribution < 1.29 is 4.79 Å². The van der Waals surface area contributed by atoms with Crippen molar-refractivity contribution in [2.45, 2.75) is 31.2 Å². The highest BCUT2D eigenvalue weighted by Crippen LogP contribution is 2.41. The molecule has 0 saturated heterocycles. The van der Waals surface area contributed by atoms with E-state index in [1.807, 2.05) is 54.7 Å². The van der Waals surface area contributed by atoms with E-state index in [1.165, 1.54) is 31.4 Å². The third-order valence-electron chi connectivity index (χ3n) is 5.89. The number of hydrogen-bond donors (Lipinski definition) is 2. The molecule has 1 amide bonds. The molecule has 2 aromatic carbocycles. The van der Waals surface area contributed by atoms with Gasteiger partial charge in [-0.1, -0.05) is 30.3 Å². The standard InChI is InChI=1S/C25H25N3O/c29-25(20-7-5-18(6-8-20)21-2-1-13-26-16-21)28-22-11-9-19(10-12-22)23-14-24(23)27-15-17-3-4-17/h1-2,5-13,16-17,23-24,27H,3-4,14-15H2,(H,28,29)/t23-,24+/m0/s1. The minimum absolute atomic E-state index is 0.0918. The first-order valence-electron chi connectivity index (χ1n) is 10.4. The Labute approximate surface area is 171 Å². The number of nitrogens with one attached hydrogen (secondary N) is 2. The van der Waals surface area contributed by atoms with Crippen LogP contribution in [0.15, 0.2) is 73.1 Å². The van der Waals surface area contributed by atoms with E-state index in [9.17, 15) is 4.79 Å². The fraction of sp³-hybridized carbons (Fsp3) is 0.280. The van der Waals surface area contributed by atoms with Crippen LogP contribution in [0.4, 0.5) is 5.69 Å². The molecule has 4 heteroatoms. The molecule has 2 saturated carbocycles. The second-order valence-corrected chi connectivity index (χ2v) is 8.20. The Kier molecular flexibility index (Phi) is 4.86. The van der Waals surface area contributed by atoms with Crippen LogP contribution in [0, 0.1) is 5.92 Å². The Balaban J connectivity index is 1.17. The summed E-state index contributed by atoms with van der Waals surface area (Å²) in [4.78, 5) is 16.7. The van der Waals surface area contributed by atoms with Crippen molar-refractivity contribution in [1.82, 2.24) is 10.3 Å². The van der Waals surface area contributed by atoms with Crippen molar-refractivity contribution >= 4 is 11.6 Å². The monoisotopic (exact) mass is 383 g/mol. The molecule has 2 fully saturated rings. The molecule has 3 aromatic rings. The average molecular weight is 383 g/mol. The first-order chi connectivity index (χ1) is 14.3. The molecule has 29 heavy (non-hydrogen) atoms. The van der Waals surface area contributed by atoms with Crippen LogP contribution < -0.4 is 10.6 Å². The molecule has 0 bridgehead atoms. The van der Waals surface area contributed by atoms with Crippen molar-refractivity contribution in [2.24, 2.45) is 5.92 Å². The van der Waals surface area contributed by atoms with Gasteiger partial charge in [0.05, 0.1) is 0 Å². The lowest BCUT2D eigenvalue weighted by atomic mass is 10.1. The lowest BCUT2D eigenvalue weighted by molar-refractivity contribution is 0.102. The van der Waals surface area contributed by atoms with Gasteiger partial charge in [0, 0.05) is 35.6 Å². The number of nitrogens with zero attached hydrogens (tertiary/aromatic N) is 1. The zero-order chi connectivity index (χ0) is 19.6. The summed E-state index contributed by atoms with van der Waals surface area (Å²) in [6, 6.07) is 20.5. The molecule has 2 atom stereocenters. The summed E-state index contributed by atoms with van der Waals surface area (Å²) in [5, 5.41) is 6.67. The van der Waals surface area contributed by atoms with E-state index in [-0.39, 0.29) is 5.91 Å². The molecule has 0 unspecified atom stereocenters. The fourth-order valence-electron chi connectivity index (χ4n) is 3.79. The summed E-state index contributed by atoms with van der Waals surface area (Å²) >= 11 is 0. The number of pyridine rings is 1. The molecule has 2 aliphatic carbocycles. The van der Waals surface area contributed by atoms with Gasteiger partial charge in [-0.05, 0) is 78.7 Å². The van der Waals surface area contributed by atoms with Gasteiger partial charge in [0.2, 0.25) is 0 Å². The minimum Gasteiger partial charge on any atom is -0.322 e. The maximum Gasteiger partial charge on any atom is 0.255 e. The molecule has 5 rings (SSSR count). The summed E-state index contributed by atoms with van der Waals surface area (Å²) in [7, 11) is 0. The van der Waals surface area contributed by atoms with Crippen molar-refractivity contribution in [1.29, 1.82) is 0 Å². The van der Waals surface area contributed by atoms with E-state index >= 15 is 0 Å². The number of amides is 1. The van der Waals surface area contributed by atoms with Crippen LogP contribution in [0.25, 0.3) is 11.1 Å². The molecule has 1 heterocycles. The van der Waals surface area contributed by atoms with Crippen LogP contribution in [0.2, 0.25) is 0 Å². The molecule has 146 valence electrons. The van der Waals surface area contributed by atoms with E-state index < -0.39 is 0 Å². The van der Waals surface area contributed by atoms with E-state index in [1.54, 1.807) is 6.20 Å². The SMILES string of the molecule is O=C(Nc1ccc([C@@H]2C[C@H]2NCC2CC2)cc1)c1ccc(-c2cccnc2)cc1. The van der Waals surface area contributed by atoms with Gasteiger partial charge in [-0.3, -0.25) is 9.78 Å². The number of aromatic nitrogens is 1. The molecule has 4 nitrogen and oxygen atoms in total. The van der Waals surface area contributed by atoms with Gasteiger partial charge < -0.3 is 10.6 Å². The van der Waals surface area contributed by atoms with Gasteiger partial charge >= 0.3 is 0 Å². The van der Waals surface area contributed by atoms with Crippen molar-refractivity contribution in [3.8, 4) is 11.1 Å².